The van der Waals surface area contributed by atoms with Gasteiger partial charge in [-0.15, -0.1) is 0 Å². The van der Waals surface area contributed by atoms with Gasteiger partial charge in [0.15, 0.2) is 0 Å². The number of phosphoric ester groups is 1. The highest BCUT2D eigenvalue weighted by Gasteiger charge is 2.41. The number of amides is 1. The maximum Gasteiger partial charge on any atom is 0.481 e. The Morgan fingerprint density at radius 3 is 2.30 bits per heavy atom. The number of hydrogen-bond donors (Lipinski definition) is 5. The van der Waals surface area contributed by atoms with Crippen molar-refractivity contribution < 1.29 is 55.3 Å². The third-order valence-electron chi connectivity index (χ3n) is 6.16. The zero-order chi connectivity index (χ0) is 31.8. The van der Waals surface area contributed by atoms with Crippen molar-refractivity contribution in [3.8, 4) is 0 Å². The molecule has 6 N–H and O–H groups in total. The molecule has 4 atom stereocenters. The molecule has 0 aliphatic carbocycles. The summed E-state index contributed by atoms with van der Waals surface area (Å²) in [6, 6.07) is 12.7. The van der Waals surface area contributed by atoms with Crippen molar-refractivity contribution >= 4 is 37.4 Å². The van der Waals surface area contributed by atoms with Crippen molar-refractivity contribution in [2.45, 2.75) is 49.8 Å². The second-order valence-corrected chi connectivity index (χ2v) is 15.0. The number of ether oxygens (including phenoxy) is 2. The predicted molar refractivity (Wildman–Crippen MR) is 155 cm³/mol. The number of anilines is 1. The van der Waals surface area contributed by atoms with E-state index in [0.29, 0.717) is 24.3 Å². The summed E-state index contributed by atoms with van der Waals surface area (Å²) in [7, 11) is -15.4. The average Bonchev–Trinajstić information content (AvgIpc) is 3.39. The molecule has 1 fully saturated rings. The minimum atomic E-state index is -5.54. The Labute approximate surface area is 250 Å². The van der Waals surface area contributed by atoms with E-state index in [2.05, 4.69) is 9.63 Å². The van der Waals surface area contributed by atoms with E-state index in [1.54, 1.807) is 44.2 Å². The van der Waals surface area contributed by atoms with Crippen LogP contribution < -0.4 is 11.1 Å². The Hall–Kier alpha value is -2.36. The van der Waals surface area contributed by atoms with Crippen LogP contribution in [0.3, 0.4) is 0 Å². The second-order valence-electron chi connectivity index (χ2n) is 10.3. The Kier molecular flexibility index (Phi) is 12.3. The monoisotopic (exact) mass is 665 g/mol. The quantitative estimate of drug-likeness (QED) is 0.136. The molecule has 1 unspecified atom stereocenters. The van der Waals surface area contributed by atoms with Gasteiger partial charge in [0, 0.05) is 25.2 Å². The minimum Gasteiger partial charge on any atom is -0.444 e. The van der Waals surface area contributed by atoms with Gasteiger partial charge in [0.1, 0.15) is 12.2 Å². The fraction of sp³-hybridized carbons (Fsp3) is 0.480. The summed E-state index contributed by atoms with van der Waals surface area (Å²) in [5.74, 6) is -0.246. The number of nitrogens with one attached hydrogen (secondary N) is 1. The van der Waals surface area contributed by atoms with E-state index < -0.39 is 56.6 Å². The lowest BCUT2D eigenvalue weighted by Gasteiger charge is -2.33. The lowest BCUT2D eigenvalue weighted by molar-refractivity contribution is 0.0595. The molecule has 0 saturated carbocycles. The van der Waals surface area contributed by atoms with Crippen LogP contribution in [0.2, 0.25) is 0 Å². The van der Waals surface area contributed by atoms with Crippen LogP contribution >= 0.6 is 15.6 Å². The molecule has 1 heterocycles. The van der Waals surface area contributed by atoms with Gasteiger partial charge in [-0.25, -0.2) is 22.3 Å². The van der Waals surface area contributed by atoms with Gasteiger partial charge in [-0.05, 0) is 42.2 Å². The summed E-state index contributed by atoms with van der Waals surface area (Å²) in [6.45, 7) is 3.32. The number of carbonyl (C=O) groups is 1. The normalized spacial score (nSPS) is 18.7. The maximum atomic E-state index is 13.8. The lowest BCUT2D eigenvalue weighted by Crippen LogP contribution is -2.52. The number of sulfonamides is 1. The van der Waals surface area contributed by atoms with Gasteiger partial charge in [-0.3, -0.25) is 4.52 Å². The highest BCUT2D eigenvalue weighted by Crippen LogP contribution is 2.58. The molecular weight excluding hydrogens is 628 g/mol. The topological polar surface area (TPSA) is 224 Å². The summed E-state index contributed by atoms with van der Waals surface area (Å²) in [6.07, 6.45) is -2.79. The molecule has 1 amide bonds. The number of alkyl carbamates (subject to hydrolysis) is 1. The number of nitrogens with zero attached hydrogens (tertiary/aromatic N) is 1. The van der Waals surface area contributed by atoms with E-state index in [9.17, 15) is 37.0 Å². The zero-order valence-corrected chi connectivity index (χ0v) is 26.2. The van der Waals surface area contributed by atoms with Crippen molar-refractivity contribution in [2.75, 3.05) is 32.0 Å². The van der Waals surface area contributed by atoms with Gasteiger partial charge in [0.25, 0.3) is 0 Å². The van der Waals surface area contributed by atoms with E-state index in [1.807, 2.05) is 0 Å². The first-order valence-corrected chi connectivity index (χ1v) is 17.7. The number of carbonyl (C=O) groups excluding carboxylic acids is 1. The summed E-state index contributed by atoms with van der Waals surface area (Å²) < 4.78 is 72.6. The number of nitrogens with two attached hydrogens (primary N) is 1. The molecule has 2 aromatic carbocycles. The molecule has 0 bridgehead atoms. The Morgan fingerprint density at radius 2 is 1.74 bits per heavy atom. The standard InChI is InChI=1S/C25H37N3O12P2S/c1-18(2)15-28(43(35,36)22-10-8-20(26)9-11-22)16-24(39-42(33,34)40-41(30,31)32)23(14-19-6-4-3-5-7-19)27-25(29)38-21-12-13-37-17-21/h3-11,18,21,23-24H,12-17,26H2,1-2H3,(H,27,29)(H,33,34)(H2,30,31,32)/t21-,23-,24+/m0/s1. The van der Waals surface area contributed by atoms with E-state index in [-0.39, 0.29) is 30.4 Å². The molecule has 1 saturated heterocycles. The molecule has 3 rings (SSSR count). The highest BCUT2D eigenvalue weighted by atomic mass is 32.2. The predicted octanol–water partition coefficient (Wildman–Crippen LogP) is 2.64. The average molecular weight is 666 g/mol. The van der Waals surface area contributed by atoms with E-state index >= 15 is 0 Å². The Bertz CT molecular complexity index is 1400. The van der Waals surface area contributed by atoms with Gasteiger partial charge in [-0.2, -0.15) is 8.62 Å². The van der Waals surface area contributed by atoms with E-state index in [1.165, 1.54) is 24.3 Å². The summed E-state index contributed by atoms with van der Waals surface area (Å²) in [4.78, 5) is 41.5. The molecule has 1 aliphatic heterocycles. The van der Waals surface area contributed by atoms with Gasteiger partial charge in [0.2, 0.25) is 10.0 Å². The summed E-state index contributed by atoms with van der Waals surface area (Å²) in [5.41, 5.74) is 6.66. The van der Waals surface area contributed by atoms with Crippen molar-refractivity contribution in [3.05, 3.63) is 60.2 Å². The molecule has 0 radical (unpaired) electrons. The third kappa shape index (κ3) is 11.6. The smallest absolute Gasteiger partial charge is 0.444 e. The van der Waals surface area contributed by atoms with Crippen molar-refractivity contribution in [1.29, 1.82) is 0 Å². The number of hydrogen-bond acceptors (Lipinski definition) is 10. The van der Waals surface area contributed by atoms with Crippen LogP contribution in [-0.4, -0.2) is 78.0 Å². The van der Waals surface area contributed by atoms with Crippen LogP contribution in [0.4, 0.5) is 10.5 Å². The van der Waals surface area contributed by atoms with Crippen LogP contribution in [-0.2, 0) is 43.9 Å². The van der Waals surface area contributed by atoms with Gasteiger partial charge in [-0.1, -0.05) is 44.2 Å². The fourth-order valence-corrected chi connectivity index (χ4v) is 7.71. The fourth-order valence-electron chi connectivity index (χ4n) is 4.31. The molecule has 240 valence electrons. The second kappa shape index (κ2) is 15.1. The first-order valence-electron chi connectivity index (χ1n) is 13.3. The molecule has 2 aromatic rings. The van der Waals surface area contributed by atoms with Crippen LogP contribution in [0.25, 0.3) is 0 Å². The van der Waals surface area contributed by atoms with Crippen LogP contribution in [0.15, 0.2) is 59.5 Å². The lowest BCUT2D eigenvalue weighted by atomic mass is 10.0. The molecule has 0 aromatic heterocycles. The minimum absolute atomic E-state index is 0.0604. The molecule has 43 heavy (non-hydrogen) atoms. The van der Waals surface area contributed by atoms with Gasteiger partial charge in [0.05, 0.1) is 24.2 Å². The van der Waals surface area contributed by atoms with Crippen molar-refractivity contribution in [1.82, 2.24) is 9.62 Å². The zero-order valence-electron chi connectivity index (χ0n) is 23.6. The first-order chi connectivity index (χ1) is 20.0. The van der Waals surface area contributed by atoms with Crippen molar-refractivity contribution in [3.63, 3.8) is 0 Å². The SMILES string of the molecule is CC(C)CN(C[C@@H](OP(=O)(O)OP(=O)(O)O)[C@H](Cc1ccccc1)NC(=O)O[C@H]1CCOC1)S(=O)(=O)c1ccc(N)cc1. The first kappa shape index (κ1) is 35.1. The molecule has 15 nitrogen and oxygen atoms in total. The molecule has 0 spiro atoms. The highest BCUT2D eigenvalue weighted by molar-refractivity contribution is 7.89. The Morgan fingerprint density at radius 1 is 1.09 bits per heavy atom. The summed E-state index contributed by atoms with van der Waals surface area (Å²) in [5, 5.41) is 2.57. The number of rotatable bonds is 15. The molecule has 1 aliphatic rings. The molecule has 18 heteroatoms. The van der Waals surface area contributed by atoms with E-state index in [4.69, 9.17) is 19.7 Å². The van der Waals surface area contributed by atoms with Gasteiger partial charge >= 0.3 is 21.7 Å². The number of nitrogen functional groups attached to an aromatic ring is 1. The number of phosphoric acid groups is 2. The largest absolute Gasteiger partial charge is 0.481 e. The maximum absolute atomic E-state index is 13.8. The summed E-state index contributed by atoms with van der Waals surface area (Å²) >= 11 is 0. The van der Waals surface area contributed by atoms with Crippen LogP contribution in [0, 0.1) is 5.92 Å². The third-order valence-corrected chi connectivity index (χ3v) is 10.2. The van der Waals surface area contributed by atoms with Crippen molar-refractivity contribution in [2.24, 2.45) is 5.92 Å². The van der Waals surface area contributed by atoms with Crippen LogP contribution in [0.5, 0.6) is 0 Å². The Balaban J connectivity index is 2.04. The van der Waals surface area contributed by atoms with Gasteiger partial charge < -0.3 is 35.2 Å². The number of benzene rings is 2. The van der Waals surface area contributed by atoms with Crippen LogP contribution in [0.1, 0.15) is 25.8 Å². The van der Waals surface area contributed by atoms with E-state index in [0.717, 1.165) is 4.31 Å². The molecular formula is C25H37N3O12P2S.